The molecule has 0 aromatic heterocycles. The van der Waals surface area contributed by atoms with Crippen LogP contribution in [0.15, 0.2) is 71.6 Å². The molecular formula is C24H20ClFN2O5S. The number of morpholine rings is 1. The van der Waals surface area contributed by atoms with Gasteiger partial charge >= 0.3 is 0 Å². The van der Waals surface area contributed by atoms with Crippen LogP contribution in [0.2, 0.25) is 5.02 Å². The molecule has 0 unspecified atom stereocenters. The normalized spacial score (nSPS) is 14.5. The molecule has 3 aromatic rings. The van der Waals surface area contributed by atoms with Gasteiger partial charge < -0.3 is 10.1 Å². The number of nitrogens with one attached hydrogen (secondary N) is 1. The largest absolute Gasteiger partial charge is 0.379 e. The van der Waals surface area contributed by atoms with Gasteiger partial charge in [-0.1, -0.05) is 29.8 Å². The Hall–Kier alpha value is -3.11. The molecule has 4 rings (SSSR count). The first-order chi connectivity index (χ1) is 16.3. The van der Waals surface area contributed by atoms with Crippen LogP contribution < -0.4 is 5.32 Å². The minimum absolute atomic E-state index is 0.00282. The van der Waals surface area contributed by atoms with E-state index >= 15 is 0 Å². The summed E-state index contributed by atoms with van der Waals surface area (Å²) in [5.74, 6) is -1.99. The van der Waals surface area contributed by atoms with Gasteiger partial charge in [-0.25, -0.2) is 12.8 Å². The Morgan fingerprint density at radius 2 is 1.68 bits per heavy atom. The van der Waals surface area contributed by atoms with E-state index in [1.165, 1.54) is 65.0 Å². The van der Waals surface area contributed by atoms with Gasteiger partial charge in [0.2, 0.25) is 10.0 Å². The number of ether oxygens (including phenoxy) is 1. The van der Waals surface area contributed by atoms with E-state index in [4.69, 9.17) is 16.3 Å². The van der Waals surface area contributed by atoms with Gasteiger partial charge in [0.25, 0.3) is 5.91 Å². The van der Waals surface area contributed by atoms with Crippen LogP contribution in [0.3, 0.4) is 0 Å². The summed E-state index contributed by atoms with van der Waals surface area (Å²) in [6.45, 7) is 1.06. The molecule has 1 saturated heterocycles. The Bertz CT molecular complexity index is 1360. The SMILES string of the molecule is O=C(Nc1ccc(Cl)cc1C(=O)c1ccccc1F)c1cccc(S(=O)(=O)N2CCOCC2)c1. The quantitative estimate of drug-likeness (QED) is 0.515. The fraction of sp³-hybridized carbons (Fsp3) is 0.167. The second kappa shape index (κ2) is 10.0. The highest BCUT2D eigenvalue weighted by Crippen LogP contribution is 2.26. The number of rotatable bonds is 6. The van der Waals surface area contributed by atoms with E-state index in [-0.39, 0.29) is 45.4 Å². The van der Waals surface area contributed by atoms with Gasteiger partial charge in [0.1, 0.15) is 5.82 Å². The van der Waals surface area contributed by atoms with Crippen LogP contribution in [0.4, 0.5) is 10.1 Å². The number of hydrogen-bond donors (Lipinski definition) is 1. The molecule has 1 N–H and O–H groups in total. The van der Waals surface area contributed by atoms with Crippen molar-refractivity contribution in [2.75, 3.05) is 31.6 Å². The van der Waals surface area contributed by atoms with E-state index < -0.39 is 27.5 Å². The number of carbonyl (C=O) groups is 2. The van der Waals surface area contributed by atoms with Crippen molar-refractivity contribution in [2.24, 2.45) is 0 Å². The van der Waals surface area contributed by atoms with Crippen molar-refractivity contribution < 1.29 is 27.1 Å². The third-order valence-electron chi connectivity index (χ3n) is 5.30. The van der Waals surface area contributed by atoms with E-state index in [1.54, 1.807) is 0 Å². The highest BCUT2D eigenvalue weighted by Gasteiger charge is 2.27. The number of benzene rings is 3. The number of hydrogen-bond acceptors (Lipinski definition) is 5. The highest BCUT2D eigenvalue weighted by molar-refractivity contribution is 7.89. The number of halogens is 2. The minimum Gasteiger partial charge on any atom is -0.379 e. The van der Waals surface area contributed by atoms with Crippen molar-refractivity contribution in [1.29, 1.82) is 0 Å². The molecule has 0 bridgehead atoms. The second-order valence-electron chi connectivity index (χ2n) is 7.50. The number of ketones is 1. The van der Waals surface area contributed by atoms with E-state index in [0.717, 1.165) is 6.07 Å². The molecule has 7 nitrogen and oxygen atoms in total. The van der Waals surface area contributed by atoms with Crippen LogP contribution in [-0.4, -0.2) is 50.7 Å². The van der Waals surface area contributed by atoms with Crippen molar-refractivity contribution in [3.05, 3.63) is 94.3 Å². The maximum absolute atomic E-state index is 14.2. The summed E-state index contributed by atoms with van der Waals surface area (Å²) in [5, 5.41) is 2.85. The third-order valence-corrected chi connectivity index (χ3v) is 7.43. The molecule has 10 heteroatoms. The Kier molecular flexibility index (Phi) is 7.08. The first kappa shape index (κ1) is 24.0. The van der Waals surface area contributed by atoms with Crippen LogP contribution in [0.5, 0.6) is 0 Å². The van der Waals surface area contributed by atoms with Crippen LogP contribution in [-0.2, 0) is 14.8 Å². The summed E-state index contributed by atoms with van der Waals surface area (Å²) in [6.07, 6.45) is 0. The predicted molar refractivity (Wildman–Crippen MR) is 125 cm³/mol. The maximum atomic E-state index is 14.2. The number of nitrogens with zero attached hydrogens (tertiary/aromatic N) is 1. The number of anilines is 1. The average molecular weight is 503 g/mol. The van der Waals surface area contributed by atoms with Crippen molar-refractivity contribution >= 4 is 39.0 Å². The fourth-order valence-corrected chi connectivity index (χ4v) is 5.16. The standard InChI is InChI=1S/C24H20ClFN2O5S/c25-17-8-9-22(20(15-17)23(29)19-6-1-2-7-21(19)26)27-24(30)16-4-3-5-18(14-16)34(31,32)28-10-12-33-13-11-28/h1-9,14-15H,10-13H2,(H,27,30). The summed E-state index contributed by atoms with van der Waals surface area (Å²) >= 11 is 6.05. The Balaban J connectivity index is 1.62. The van der Waals surface area contributed by atoms with Gasteiger partial charge in [-0.05, 0) is 48.5 Å². The van der Waals surface area contributed by atoms with Gasteiger partial charge in [0.15, 0.2) is 5.78 Å². The smallest absolute Gasteiger partial charge is 0.255 e. The van der Waals surface area contributed by atoms with Gasteiger partial charge in [-0.2, -0.15) is 4.31 Å². The topological polar surface area (TPSA) is 92.8 Å². The highest BCUT2D eigenvalue weighted by atomic mass is 35.5. The van der Waals surface area contributed by atoms with Crippen LogP contribution >= 0.6 is 11.6 Å². The lowest BCUT2D eigenvalue weighted by Gasteiger charge is -2.26. The van der Waals surface area contributed by atoms with Crippen molar-refractivity contribution in [3.8, 4) is 0 Å². The first-order valence-electron chi connectivity index (χ1n) is 10.4. The summed E-state index contributed by atoms with van der Waals surface area (Å²) in [4.78, 5) is 25.9. The van der Waals surface area contributed by atoms with E-state index in [0.29, 0.717) is 13.2 Å². The summed E-state index contributed by atoms with van der Waals surface area (Å²) in [5.41, 5.74) is 0.0274. The monoisotopic (exact) mass is 502 g/mol. The van der Waals surface area contributed by atoms with E-state index in [1.807, 2.05) is 0 Å². The number of amides is 1. The minimum atomic E-state index is -3.80. The molecule has 3 aromatic carbocycles. The number of carbonyl (C=O) groups excluding carboxylic acids is 2. The molecule has 1 fully saturated rings. The van der Waals surface area contributed by atoms with Crippen molar-refractivity contribution in [3.63, 3.8) is 0 Å². The van der Waals surface area contributed by atoms with Crippen LogP contribution in [0.25, 0.3) is 0 Å². The van der Waals surface area contributed by atoms with Crippen LogP contribution in [0.1, 0.15) is 26.3 Å². The lowest BCUT2D eigenvalue weighted by atomic mass is 10.0. The molecular weight excluding hydrogens is 483 g/mol. The Labute approximate surface area is 201 Å². The number of sulfonamides is 1. The Morgan fingerprint density at radius 1 is 0.941 bits per heavy atom. The second-order valence-corrected chi connectivity index (χ2v) is 9.87. The van der Waals surface area contributed by atoms with E-state index in [9.17, 15) is 22.4 Å². The molecule has 0 aliphatic carbocycles. The lowest BCUT2D eigenvalue weighted by molar-refractivity contribution is 0.0730. The summed E-state index contributed by atoms with van der Waals surface area (Å²) in [6, 6.07) is 15.4. The van der Waals surface area contributed by atoms with Crippen molar-refractivity contribution in [2.45, 2.75) is 4.90 Å². The molecule has 1 aliphatic heterocycles. The van der Waals surface area contributed by atoms with Gasteiger partial charge in [-0.15, -0.1) is 0 Å². The molecule has 0 saturated carbocycles. The molecule has 0 atom stereocenters. The van der Waals surface area contributed by atoms with Gasteiger partial charge in [-0.3, -0.25) is 9.59 Å². The molecule has 34 heavy (non-hydrogen) atoms. The fourth-order valence-electron chi connectivity index (χ4n) is 3.53. The summed E-state index contributed by atoms with van der Waals surface area (Å²) < 4.78 is 46.6. The predicted octanol–water partition coefficient (Wildman–Crippen LogP) is 3.98. The van der Waals surface area contributed by atoms with Crippen molar-refractivity contribution in [1.82, 2.24) is 4.31 Å². The zero-order valence-electron chi connectivity index (χ0n) is 17.8. The average Bonchev–Trinajstić information content (AvgIpc) is 2.85. The van der Waals surface area contributed by atoms with Gasteiger partial charge in [0, 0.05) is 29.2 Å². The molecule has 1 heterocycles. The lowest BCUT2D eigenvalue weighted by Crippen LogP contribution is -2.40. The maximum Gasteiger partial charge on any atom is 0.255 e. The van der Waals surface area contributed by atoms with E-state index in [2.05, 4.69) is 5.32 Å². The molecule has 176 valence electrons. The molecule has 0 spiro atoms. The summed E-state index contributed by atoms with van der Waals surface area (Å²) in [7, 11) is -3.80. The zero-order valence-corrected chi connectivity index (χ0v) is 19.4. The van der Waals surface area contributed by atoms with Gasteiger partial charge in [0.05, 0.1) is 29.4 Å². The zero-order chi connectivity index (χ0) is 24.3. The Morgan fingerprint density at radius 3 is 2.41 bits per heavy atom. The molecule has 1 amide bonds. The first-order valence-corrected chi connectivity index (χ1v) is 12.2. The molecule has 0 radical (unpaired) electrons. The van der Waals surface area contributed by atoms with Crippen LogP contribution in [0, 0.1) is 5.82 Å². The molecule has 1 aliphatic rings. The third kappa shape index (κ3) is 5.02.